The van der Waals surface area contributed by atoms with E-state index in [4.69, 9.17) is 9.84 Å². The number of carboxylic acid groups (broad SMARTS) is 1. The fourth-order valence-electron chi connectivity index (χ4n) is 4.91. The van der Waals surface area contributed by atoms with Crippen LogP contribution >= 0.6 is 11.8 Å². The maximum absolute atomic E-state index is 11.0. The van der Waals surface area contributed by atoms with Crippen LogP contribution in [0.15, 0.2) is 42.5 Å². The van der Waals surface area contributed by atoms with Gasteiger partial charge in [0.1, 0.15) is 23.9 Å². The van der Waals surface area contributed by atoms with E-state index in [-0.39, 0.29) is 28.6 Å². The van der Waals surface area contributed by atoms with Gasteiger partial charge in [-0.05, 0) is 54.3 Å². The first-order valence-electron chi connectivity index (χ1n) is 10.9. The Hall–Kier alpha value is -2.34. The summed E-state index contributed by atoms with van der Waals surface area (Å²) < 4.78 is 5.85. The summed E-state index contributed by atoms with van der Waals surface area (Å²) in [7, 11) is 0. The predicted molar refractivity (Wildman–Crippen MR) is 124 cm³/mol. The molecule has 6 heteroatoms. The number of hydrogen-bond acceptors (Lipinski definition) is 5. The number of aliphatic carboxylic acids is 1. The Bertz CT molecular complexity index is 882. The first-order valence-corrected chi connectivity index (χ1v) is 12.2. The lowest BCUT2D eigenvalue weighted by atomic mass is 9.69. The second-order valence-electron chi connectivity index (χ2n) is 8.32. The standard InChI is InChI=1S/C25H32O5S/c1-3-6-17(7-4-5-8-23(28)29)24-21-14-13-20(27)15-22(21)30-16-25(24,31-2)18-9-11-19(26)12-10-18/h9-15,17,24,26-27H,3-8,16H2,1-2H3,(H,28,29)/t17-,24?,25?/m0/s1. The SMILES string of the molecule is CCC[C@@H](CCCCC(=O)O)C1c2ccc(O)cc2OCC1(SC)c1ccc(O)cc1. The minimum atomic E-state index is -0.749. The number of benzene rings is 2. The van der Waals surface area contributed by atoms with Crippen LogP contribution < -0.4 is 4.74 Å². The molecule has 1 heterocycles. The van der Waals surface area contributed by atoms with Gasteiger partial charge in [-0.1, -0.05) is 44.4 Å². The molecule has 0 saturated heterocycles. The van der Waals surface area contributed by atoms with Crippen molar-refractivity contribution in [3.8, 4) is 17.2 Å². The van der Waals surface area contributed by atoms with Crippen LogP contribution in [-0.4, -0.2) is 34.2 Å². The molecule has 0 aromatic heterocycles. The van der Waals surface area contributed by atoms with Crippen LogP contribution in [0.3, 0.4) is 0 Å². The van der Waals surface area contributed by atoms with E-state index in [2.05, 4.69) is 13.2 Å². The molecule has 31 heavy (non-hydrogen) atoms. The normalized spacial score (nSPS) is 21.2. The zero-order chi connectivity index (χ0) is 22.4. The van der Waals surface area contributed by atoms with Crippen molar-refractivity contribution in [1.82, 2.24) is 0 Å². The Labute approximate surface area is 188 Å². The van der Waals surface area contributed by atoms with Crippen molar-refractivity contribution in [2.75, 3.05) is 12.9 Å². The Kier molecular flexibility index (Phi) is 7.76. The molecule has 5 nitrogen and oxygen atoms in total. The summed E-state index contributed by atoms with van der Waals surface area (Å²) in [6.07, 6.45) is 6.83. The lowest BCUT2D eigenvalue weighted by molar-refractivity contribution is -0.137. The maximum Gasteiger partial charge on any atom is 0.303 e. The molecule has 0 fully saturated rings. The molecule has 2 aromatic rings. The summed E-state index contributed by atoms with van der Waals surface area (Å²) in [5.41, 5.74) is 2.19. The van der Waals surface area contributed by atoms with Gasteiger partial charge >= 0.3 is 5.97 Å². The molecule has 1 aliphatic rings. The van der Waals surface area contributed by atoms with Crippen LogP contribution in [0.5, 0.6) is 17.2 Å². The van der Waals surface area contributed by atoms with Gasteiger partial charge in [-0.25, -0.2) is 0 Å². The minimum Gasteiger partial charge on any atom is -0.508 e. The molecule has 168 valence electrons. The molecule has 3 rings (SSSR count). The van der Waals surface area contributed by atoms with Gasteiger partial charge in [0.25, 0.3) is 0 Å². The van der Waals surface area contributed by atoms with E-state index in [9.17, 15) is 15.0 Å². The van der Waals surface area contributed by atoms with Crippen molar-refractivity contribution in [2.45, 2.75) is 56.1 Å². The van der Waals surface area contributed by atoms with E-state index in [1.165, 1.54) is 0 Å². The molecular weight excluding hydrogens is 412 g/mol. The molecule has 0 bridgehead atoms. The molecule has 0 saturated carbocycles. The predicted octanol–water partition coefficient (Wildman–Crippen LogP) is 5.89. The molecular formula is C25H32O5S. The Balaban J connectivity index is 2.05. The van der Waals surface area contributed by atoms with Crippen LogP contribution in [-0.2, 0) is 9.54 Å². The highest BCUT2D eigenvalue weighted by atomic mass is 32.2. The smallest absolute Gasteiger partial charge is 0.303 e. The number of fused-ring (bicyclic) bond motifs is 1. The van der Waals surface area contributed by atoms with E-state index in [0.29, 0.717) is 18.9 Å². The average Bonchev–Trinajstić information content (AvgIpc) is 2.75. The minimum absolute atomic E-state index is 0.140. The monoisotopic (exact) mass is 444 g/mol. The molecule has 0 aliphatic carbocycles. The van der Waals surface area contributed by atoms with E-state index < -0.39 is 5.97 Å². The highest BCUT2D eigenvalue weighted by molar-refractivity contribution is 7.99. The van der Waals surface area contributed by atoms with Crippen LogP contribution in [0.1, 0.15) is 62.5 Å². The van der Waals surface area contributed by atoms with Gasteiger partial charge in [0.2, 0.25) is 0 Å². The van der Waals surface area contributed by atoms with E-state index in [1.54, 1.807) is 36.0 Å². The van der Waals surface area contributed by atoms with E-state index in [1.807, 2.05) is 18.2 Å². The Morgan fingerprint density at radius 3 is 2.48 bits per heavy atom. The number of thioether (sulfide) groups is 1. The average molecular weight is 445 g/mol. The number of phenols is 2. The van der Waals surface area contributed by atoms with Gasteiger partial charge in [-0.3, -0.25) is 4.79 Å². The lowest BCUT2D eigenvalue weighted by Crippen LogP contribution is -2.43. The lowest BCUT2D eigenvalue weighted by Gasteiger charge is -2.47. The van der Waals surface area contributed by atoms with Crippen LogP contribution in [0.2, 0.25) is 0 Å². The van der Waals surface area contributed by atoms with Crippen LogP contribution in [0, 0.1) is 5.92 Å². The molecule has 0 amide bonds. The van der Waals surface area contributed by atoms with Crippen molar-refractivity contribution >= 4 is 17.7 Å². The van der Waals surface area contributed by atoms with Gasteiger partial charge in [0, 0.05) is 18.4 Å². The van der Waals surface area contributed by atoms with Gasteiger partial charge in [0.05, 0.1) is 4.75 Å². The summed E-state index contributed by atoms with van der Waals surface area (Å²) >= 11 is 1.76. The number of rotatable bonds is 10. The maximum atomic E-state index is 11.0. The van der Waals surface area contributed by atoms with Crippen molar-refractivity contribution in [3.63, 3.8) is 0 Å². The number of phenolic OH excluding ortho intramolecular Hbond substituents is 2. The molecule has 0 spiro atoms. The van der Waals surface area contributed by atoms with Crippen molar-refractivity contribution in [3.05, 3.63) is 53.6 Å². The topological polar surface area (TPSA) is 87.0 Å². The quantitative estimate of drug-likeness (QED) is 0.396. The molecule has 2 aromatic carbocycles. The second kappa shape index (κ2) is 10.3. The molecule has 1 aliphatic heterocycles. The Morgan fingerprint density at radius 1 is 1.13 bits per heavy atom. The van der Waals surface area contributed by atoms with Crippen molar-refractivity contribution < 1.29 is 24.9 Å². The number of carbonyl (C=O) groups is 1. The van der Waals surface area contributed by atoms with Gasteiger partial charge < -0.3 is 20.1 Å². The third kappa shape index (κ3) is 5.12. The molecule has 2 unspecified atom stereocenters. The number of unbranched alkanes of at least 4 members (excludes halogenated alkanes) is 1. The second-order valence-corrected chi connectivity index (χ2v) is 9.45. The number of hydrogen-bond donors (Lipinski definition) is 3. The third-order valence-electron chi connectivity index (χ3n) is 6.34. The van der Waals surface area contributed by atoms with E-state index in [0.717, 1.165) is 42.6 Å². The largest absolute Gasteiger partial charge is 0.508 e. The summed E-state index contributed by atoms with van der Waals surface area (Å²) in [5.74, 6) is 0.875. The molecule has 3 N–H and O–H groups in total. The number of ether oxygens (including phenoxy) is 1. The summed E-state index contributed by atoms with van der Waals surface area (Å²) in [6, 6.07) is 12.8. The van der Waals surface area contributed by atoms with Gasteiger partial charge in [-0.15, -0.1) is 11.8 Å². The van der Waals surface area contributed by atoms with Gasteiger partial charge in [-0.2, -0.15) is 0 Å². The van der Waals surface area contributed by atoms with Crippen LogP contribution in [0.25, 0.3) is 0 Å². The fourth-order valence-corrected chi connectivity index (χ4v) is 6.03. The number of aromatic hydroxyl groups is 2. The molecule has 0 radical (unpaired) electrons. The first kappa shape index (κ1) is 23.3. The summed E-state index contributed by atoms with van der Waals surface area (Å²) in [6.45, 7) is 2.65. The van der Waals surface area contributed by atoms with Gasteiger partial charge in [0.15, 0.2) is 0 Å². The summed E-state index contributed by atoms with van der Waals surface area (Å²) in [4.78, 5) is 11.0. The van der Waals surface area contributed by atoms with Crippen molar-refractivity contribution in [1.29, 1.82) is 0 Å². The van der Waals surface area contributed by atoms with E-state index >= 15 is 0 Å². The number of carboxylic acids is 1. The zero-order valence-electron chi connectivity index (χ0n) is 18.2. The van der Waals surface area contributed by atoms with Crippen molar-refractivity contribution in [2.24, 2.45) is 5.92 Å². The first-order chi connectivity index (χ1) is 14.9. The summed E-state index contributed by atoms with van der Waals surface area (Å²) in [5, 5.41) is 28.9. The zero-order valence-corrected chi connectivity index (χ0v) is 19.0. The molecule has 3 atom stereocenters. The fraction of sp³-hybridized carbons (Fsp3) is 0.480. The van der Waals surface area contributed by atoms with Crippen LogP contribution in [0.4, 0.5) is 0 Å². The highest BCUT2D eigenvalue weighted by Crippen LogP contribution is 2.57. The Morgan fingerprint density at radius 2 is 1.84 bits per heavy atom. The third-order valence-corrected chi connectivity index (χ3v) is 7.68. The highest BCUT2D eigenvalue weighted by Gasteiger charge is 2.48.